The Labute approximate surface area is 410 Å². The van der Waals surface area contributed by atoms with E-state index in [0.29, 0.717) is 53.7 Å². The highest BCUT2D eigenvalue weighted by Crippen LogP contribution is 2.56. The van der Waals surface area contributed by atoms with Crippen LogP contribution >= 0.6 is 11.3 Å². The second-order valence-electron chi connectivity index (χ2n) is 20.6. The Hall–Kier alpha value is -6.58. The molecule has 11 rings (SSSR count). The van der Waals surface area contributed by atoms with Crippen molar-refractivity contribution in [3.8, 4) is 35.1 Å². The Morgan fingerprint density at radius 1 is 0.971 bits per heavy atom. The number of nitrogens with one attached hydrogen (secondary N) is 1. The number of aromatic nitrogens is 5. The summed E-state index contributed by atoms with van der Waals surface area (Å²) in [6, 6.07) is 11.6. The van der Waals surface area contributed by atoms with Gasteiger partial charge in [-0.05, 0) is 125 Å². The first kappa shape index (κ1) is 45.8. The lowest BCUT2D eigenvalue weighted by molar-refractivity contribution is -0.134. The van der Waals surface area contributed by atoms with Gasteiger partial charge in [-0.15, -0.1) is 11.3 Å². The van der Waals surface area contributed by atoms with Crippen molar-refractivity contribution in [2.24, 2.45) is 15.8 Å². The summed E-state index contributed by atoms with van der Waals surface area (Å²) < 4.78 is 19.2. The zero-order valence-corrected chi connectivity index (χ0v) is 40.6. The summed E-state index contributed by atoms with van der Waals surface area (Å²) in [6.45, 7) is 4.94. The second kappa shape index (κ2) is 18.6. The molecule has 17 nitrogen and oxygen atoms in total. The van der Waals surface area contributed by atoms with Gasteiger partial charge in [0.15, 0.2) is 23.0 Å². The van der Waals surface area contributed by atoms with E-state index in [9.17, 15) is 19.6 Å². The van der Waals surface area contributed by atoms with E-state index in [1.54, 1.807) is 36.1 Å². The molecule has 6 aliphatic rings. The molecule has 7 heterocycles. The molecule has 2 atom stereocenters. The topological polar surface area (TPSA) is 205 Å². The number of hydrogen-bond donors (Lipinski definition) is 1. The van der Waals surface area contributed by atoms with E-state index < -0.39 is 5.41 Å². The quantitative estimate of drug-likeness (QED) is 0.0730. The number of aliphatic imine (C=N–C) groups is 1. The van der Waals surface area contributed by atoms with Crippen molar-refractivity contribution in [1.29, 1.82) is 5.26 Å². The summed E-state index contributed by atoms with van der Waals surface area (Å²) >= 11 is 1.61. The highest BCUT2D eigenvalue weighted by Gasteiger charge is 2.50. The van der Waals surface area contributed by atoms with Gasteiger partial charge in [-0.2, -0.15) is 15.2 Å². The Morgan fingerprint density at radius 3 is 2.41 bits per heavy atom. The molecule has 3 aliphatic carbocycles. The molecule has 5 aromatic rings. The molecule has 1 aromatic carbocycles. The lowest BCUT2D eigenvalue weighted by Crippen LogP contribution is -2.49. The van der Waals surface area contributed by atoms with Gasteiger partial charge >= 0.3 is 0 Å². The second-order valence-corrected chi connectivity index (χ2v) is 21.6. The number of hydrogen-bond acceptors (Lipinski definition) is 15. The first-order valence-electron chi connectivity index (χ1n) is 24.7. The number of nitriles is 1. The molecule has 1 unspecified atom stereocenters. The first-order valence-corrected chi connectivity index (χ1v) is 25.5. The van der Waals surface area contributed by atoms with Gasteiger partial charge in [0, 0.05) is 61.6 Å². The minimum Gasteiger partial charge on any atom is -0.477 e. The molecule has 1 saturated carbocycles. The van der Waals surface area contributed by atoms with E-state index in [0.717, 1.165) is 137 Å². The Bertz CT molecular complexity index is 2870. The lowest BCUT2D eigenvalue weighted by Gasteiger charge is -2.47. The summed E-state index contributed by atoms with van der Waals surface area (Å²) in [5.41, 5.74) is 4.39. The number of carbonyl (C=O) groups excluding carboxylic acids is 3. The summed E-state index contributed by atoms with van der Waals surface area (Å²) in [5.74, 6) is 1.41. The monoisotopic (exact) mass is 963 g/mol. The highest BCUT2D eigenvalue weighted by molar-refractivity contribution is 7.16. The van der Waals surface area contributed by atoms with Crippen LogP contribution in [-0.4, -0.2) is 117 Å². The number of aryl methyl sites for hydroxylation is 1. The Kier molecular flexibility index (Phi) is 12.2. The smallest absolute Gasteiger partial charge is 0.253 e. The first-order chi connectivity index (χ1) is 34.0. The average Bonchev–Trinajstić information content (AvgIpc) is 3.81. The van der Waals surface area contributed by atoms with E-state index in [-0.39, 0.29) is 40.3 Å². The van der Waals surface area contributed by atoms with Gasteiger partial charge in [-0.1, -0.05) is 17.3 Å². The number of thiophene rings is 1. The standard InChI is InChI=1S/C52H57N11O6S/c1-61(2)32-56-48-38(26-53)43-39(70-48)6-4-14-52(43)13-3-5-37-44(60-69-45(37)52)46-58-41(25-42(59-46)68-35-27-54-31-55-28-35)67-30-51(15-16-51)29-62-21-17-50(18-22-62)19-23-63(24-20-50)49(66)34-9-7-33(8-10-34)36-11-12-40(64)57-47(36)65/h7-10,25,27-28,31-32,36H,3-6,11-24,29-30H2,1-2H3,(H,57,64,65)/t36?,52-/m0/s1. The summed E-state index contributed by atoms with van der Waals surface area (Å²) in [7, 11) is 3.84. The number of imide groups is 1. The lowest BCUT2D eigenvalue weighted by atomic mass is 9.63. The number of amides is 3. The molecule has 1 N–H and O–H groups in total. The molecule has 70 heavy (non-hydrogen) atoms. The van der Waals surface area contributed by atoms with Crippen molar-refractivity contribution in [2.45, 2.75) is 101 Å². The number of piperidine rings is 3. The minimum atomic E-state index is -0.492. The zero-order chi connectivity index (χ0) is 48.0. The number of nitrogens with zero attached hydrogens (tertiary/aromatic N) is 10. The van der Waals surface area contributed by atoms with Gasteiger partial charge in [-0.25, -0.2) is 15.0 Å². The van der Waals surface area contributed by atoms with Gasteiger partial charge in [0.05, 0.1) is 48.3 Å². The zero-order valence-electron chi connectivity index (χ0n) is 39.7. The van der Waals surface area contributed by atoms with Crippen LogP contribution in [-0.2, 0) is 27.8 Å². The fraction of sp³-hybridized carbons (Fsp3) is 0.500. The maximum atomic E-state index is 13.6. The number of fused-ring (bicyclic) bond motifs is 4. The Morgan fingerprint density at radius 2 is 1.70 bits per heavy atom. The average molecular weight is 964 g/mol. The van der Waals surface area contributed by atoms with Crippen LogP contribution in [0.25, 0.3) is 11.5 Å². The fourth-order valence-corrected chi connectivity index (χ4v) is 12.9. The van der Waals surface area contributed by atoms with E-state index in [1.165, 1.54) is 11.2 Å². The van der Waals surface area contributed by atoms with E-state index in [4.69, 9.17) is 29.0 Å². The van der Waals surface area contributed by atoms with Gasteiger partial charge in [0.2, 0.25) is 23.6 Å². The van der Waals surface area contributed by atoms with E-state index in [2.05, 4.69) is 31.4 Å². The predicted molar refractivity (Wildman–Crippen MR) is 259 cm³/mol. The third-order valence-electron chi connectivity index (χ3n) is 15.7. The van der Waals surface area contributed by atoms with Crippen LogP contribution in [0.15, 0.2) is 58.6 Å². The van der Waals surface area contributed by atoms with Crippen LogP contribution in [0, 0.1) is 22.2 Å². The molecule has 362 valence electrons. The highest BCUT2D eigenvalue weighted by atomic mass is 32.1. The number of rotatable bonds is 12. The van der Waals surface area contributed by atoms with Crippen molar-refractivity contribution in [3.63, 3.8) is 0 Å². The number of carbonyl (C=O) groups is 3. The summed E-state index contributed by atoms with van der Waals surface area (Å²) in [5, 5.41) is 18.4. The molecule has 3 saturated heterocycles. The van der Waals surface area contributed by atoms with Crippen molar-refractivity contribution in [1.82, 2.24) is 45.1 Å². The van der Waals surface area contributed by atoms with Crippen LogP contribution in [0.1, 0.15) is 126 Å². The van der Waals surface area contributed by atoms with Crippen LogP contribution in [0.3, 0.4) is 0 Å². The molecule has 3 amide bonds. The number of ether oxygens (including phenoxy) is 2. The van der Waals surface area contributed by atoms with Gasteiger partial charge in [0.1, 0.15) is 17.4 Å². The molecule has 4 aromatic heterocycles. The van der Waals surface area contributed by atoms with Crippen molar-refractivity contribution in [2.75, 3.05) is 53.4 Å². The SMILES string of the molecule is CN(C)C=Nc1sc2c(c1C#N)[C@@]1(CCC2)CCCc2c(-c3nc(OCC4(CN5CCC6(CC5)CCN(C(=O)c5ccc(C7CCC(=O)NC7=O)cc5)CC6)CC4)cc(Oc4cncnc4)n3)noc21. The van der Waals surface area contributed by atoms with Gasteiger partial charge in [0.25, 0.3) is 5.91 Å². The van der Waals surface area contributed by atoms with Crippen LogP contribution in [0.4, 0.5) is 5.00 Å². The molecule has 2 spiro atoms. The molecule has 3 aliphatic heterocycles. The van der Waals surface area contributed by atoms with Crippen LogP contribution < -0.4 is 14.8 Å². The summed E-state index contributed by atoms with van der Waals surface area (Å²) in [4.78, 5) is 68.0. The molecule has 18 heteroatoms. The molecule has 0 radical (unpaired) electrons. The maximum Gasteiger partial charge on any atom is 0.253 e. The van der Waals surface area contributed by atoms with Crippen molar-refractivity contribution in [3.05, 3.63) is 87.5 Å². The van der Waals surface area contributed by atoms with Crippen molar-refractivity contribution >= 4 is 40.4 Å². The van der Waals surface area contributed by atoms with Crippen molar-refractivity contribution < 1.29 is 28.4 Å². The third-order valence-corrected chi connectivity index (χ3v) is 16.9. The molecule has 0 bridgehead atoms. The van der Waals surface area contributed by atoms with E-state index >= 15 is 0 Å². The number of benzene rings is 1. The van der Waals surface area contributed by atoms with Gasteiger partial charge in [-0.3, -0.25) is 19.7 Å². The fourth-order valence-electron chi connectivity index (χ4n) is 11.7. The Balaban J connectivity index is 0.752. The molecule has 4 fully saturated rings. The van der Waals surface area contributed by atoms with E-state index in [1.807, 2.05) is 48.2 Å². The molecular weight excluding hydrogens is 907 g/mol. The number of likely N-dealkylation sites (tertiary alicyclic amines) is 2. The molecular formula is C52H57N11O6S. The van der Waals surface area contributed by atoms with Crippen LogP contribution in [0.2, 0.25) is 0 Å². The normalized spacial score (nSPS) is 22.6. The minimum absolute atomic E-state index is 0.0139. The largest absolute Gasteiger partial charge is 0.477 e. The summed E-state index contributed by atoms with van der Waals surface area (Å²) in [6.07, 6.45) is 18.7. The maximum absolute atomic E-state index is 13.6. The predicted octanol–water partition coefficient (Wildman–Crippen LogP) is 7.52. The third kappa shape index (κ3) is 8.93. The van der Waals surface area contributed by atoms with Crippen LogP contribution in [0.5, 0.6) is 17.5 Å². The van der Waals surface area contributed by atoms with Gasteiger partial charge < -0.3 is 28.7 Å².